The van der Waals surface area contributed by atoms with Gasteiger partial charge in [-0.05, 0) is 52.6 Å². The number of rotatable bonds is 4. The molecule has 0 N–H and O–H groups in total. The summed E-state index contributed by atoms with van der Waals surface area (Å²) in [6.45, 7) is 0. The van der Waals surface area contributed by atoms with Gasteiger partial charge in [0.25, 0.3) is 0 Å². The van der Waals surface area contributed by atoms with Gasteiger partial charge in [-0.15, -0.1) is 0 Å². The van der Waals surface area contributed by atoms with Crippen LogP contribution >= 0.6 is 0 Å². The van der Waals surface area contributed by atoms with Crippen molar-refractivity contribution < 1.29 is 8.78 Å². The van der Waals surface area contributed by atoms with Crippen LogP contribution in [-0.4, -0.2) is 4.98 Å². The highest BCUT2D eigenvalue weighted by Crippen LogP contribution is 2.44. The zero-order valence-corrected chi connectivity index (χ0v) is 15.4. The molecule has 0 unspecified atom stereocenters. The Morgan fingerprint density at radius 1 is 0.621 bits per heavy atom. The molecule has 0 aliphatic heterocycles. The number of benzene rings is 3. The highest BCUT2D eigenvalue weighted by molar-refractivity contribution is 5.59. The summed E-state index contributed by atoms with van der Waals surface area (Å²) >= 11 is 0. The summed E-state index contributed by atoms with van der Waals surface area (Å²) in [4.78, 5) is 4.27. The Kier molecular flexibility index (Phi) is 4.88. The maximum absolute atomic E-state index is 13.7. The predicted molar refractivity (Wildman–Crippen MR) is 107 cm³/mol. The molecule has 0 atom stereocenters. The highest BCUT2D eigenvalue weighted by atomic mass is 19.1. The van der Waals surface area contributed by atoms with Crippen molar-refractivity contribution in [2.24, 2.45) is 0 Å². The van der Waals surface area contributed by atoms with Crippen LogP contribution in [0.5, 0.6) is 0 Å². The minimum Gasteiger partial charge on any atom is -0.245 e. The van der Waals surface area contributed by atoms with Crippen molar-refractivity contribution in [1.29, 1.82) is 5.26 Å². The van der Waals surface area contributed by atoms with Crippen LogP contribution in [0.4, 0.5) is 8.78 Å². The predicted octanol–water partition coefficient (Wildman–Crippen LogP) is 5.61. The van der Waals surface area contributed by atoms with E-state index in [4.69, 9.17) is 5.26 Å². The molecule has 0 amide bonds. The summed E-state index contributed by atoms with van der Waals surface area (Å²) in [5.41, 5.74) is 2.77. The molecule has 4 aromatic rings. The summed E-state index contributed by atoms with van der Waals surface area (Å²) in [6.07, 6.45) is 1.65. The van der Waals surface area contributed by atoms with Gasteiger partial charge in [-0.25, -0.2) is 13.8 Å². The third-order valence-corrected chi connectivity index (χ3v) is 5.07. The van der Waals surface area contributed by atoms with Crippen LogP contribution in [0.15, 0.2) is 97.2 Å². The molecule has 4 heteroatoms. The molecule has 140 valence electrons. The fourth-order valence-electron chi connectivity index (χ4n) is 3.77. The average molecular weight is 382 g/mol. The second-order valence-corrected chi connectivity index (χ2v) is 6.67. The van der Waals surface area contributed by atoms with E-state index in [-0.39, 0.29) is 11.6 Å². The molecule has 3 aromatic carbocycles. The molecule has 0 saturated carbocycles. The van der Waals surface area contributed by atoms with Gasteiger partial charge in [-0.3, -0.25) is 0 Å². The molecule has 0 bridgehead atoms. The van der Waals surface area contributed by atoms with Crippen molar-refractivity contribution in [3.8, 4) is 6.07 Å². The average Bonchev–Trinajstić information content (AvgIpc) is 2.78. The van der Waals surface area contributed by atoms with E-state index in [9.17, 15) is 8.78 Å². The van der Waals surface area contributed by atoms with Gasteiger partial charge in [-0.1, -0.05) is 60.7 Å². The van der Waals surface area contributed by atoms with E-state index < -0.39 is 5.41 Å². The van der Waals surface area contributed by atoms with Crippen molar-refractivity contribution in [3.63, 3.8) is 0 Å². The fraction of sp³-hybridized carbons (Fsp3) is 0.0400. The molecule has 0 saturated heterocycles. The van der Waals surface area contributed by atoms with Crippen molar-refractivity contribution in [2.75, 3.05) is 0 Å². The molecule has 0 radical (unpaired) electrons. The SMILES string of the molecule is N#Cc1ccc(C(c2ccccc2)(c2ccc(F)cc2)c2ccc(F)cc2)cn1. The number of hydrogen-bond donors (Lipinski definition) is 0. The Morgan fingerprint density at radius 2 is 1.10 bits per heavy atom. The van der Waals surface area contributed by atoms with Crippen molar-refractivity contribution in [3.05, 3.63) is 137 Å². The first-order valence-corrected chi connectivity index (χ1v) is 9.09. The van der Waals surface area contributed by atoms with E-state index in [0.29, 0.717) is 5.69 Å². The maximum Gasteiger partial charge on any atom is 0.140 e. The van der Waals surface area contributed by atoms with E-state index in [0.717, 1.165) is 22.3 Å². The number of nitrogens with zero attached hydrogens (tertiary/aromatic N) is 2. The smallest absolute Gasteiger partial charge is 0.140 e. The zero-order valence-electron chi connectivity index (χ0n) is 15.4. The lowest BCUT2D eigenvalue weighted by Crippen LogP contribution is -2.31. The monoisotopic (exact) mass is 382 g/mol. The summed E-state index contributed by atoms with van der Waals surface area (Å²) < 4.78 is 27.5. The van der Waals surface area contributed by atoms with E-state index in [2.05, 4.69) is 4.98 Å². The summed E-state index contributed by atoms with van der Waals surface area (Å²) in [5, 5.41) is 9.15. The molecular weight excluding hydrogens is 366 g/mol. The minimum absolute atomic E-state index is 0.300. The molecule has 0 spiro atoms. The third-order valence-electron chi connectivity index (χ3n) is 5.07. The molecule has 2 nitrogen and oxygen atoms in total. The molecule has 1 aromatic heterocycles. The van der Waals surface area contributed by atoms with Gasteiger partial charge >= 0.3 is 0 Å². The number of nitriles is 1. The number of pyridine rings is 1. The zero-order chi connectivity index (χ0) is 20.3. The van der Waals surface area contributed by atoms with Crippen LogP contribution < -0.4 is 0 Å². The van der Waals surface area contributed by atoms with E-state index in [1.807, 2.05) is 42.5 Å². The molecule has 4 rings (SSSR count). The Labute approximate surface area is 167 Å². The summed E-state index contributed by atoms with van der Waals surface area (Å²) in [7, 11) is 0. The molecule has 29 heavy (non-hydrogen) atoms. The summed E-state index contributed by atoms with van der Waals surface area (Å²) in [6, 6.07) is 27.8. The molecule has 0 aliphatic rings. The van der Waals surface area contributed by atoms with Crippen molar-refractivity contribution >= 4 is 0 Å². The lowest BCUT2D eigenvalue weighted by atomic mass is 9.65. The van der Waals surface area contributed by atoms with Gasteiger partial charge in [0.1, 0.15) is 23.4 Å². The van der Waals surface area contributed by atoms with Gasteiger partial charge in [-0.2, -0.15) is 5.26 Å². The fourth-order valence-corrected chi connectivity index (χ4v) is 3.77. The minimum atomic E-state index is -0.857. The van der Waals surface area contributed by atoms with Gasteiger partial charge < -0.3 is 0 Å². The van der Waals surface area contributed by atoms with E-state index >= 15 is 0 Å². The van der Waals surface area contributed by atoms with Crippen LogP contribution in [0.1, 0.15) is 27.9 Å². The van der Waals surface area contributed by atoms with Gasteiger partial charge in [0.2, 0.25) is 0 Å². The molecule has 0 aliphatic carbocycles. The Morgan fingerprint density at radius 3 is 1.55 bits per heavy atom. The lowest BCUT2D eigenvalue weighted by molar-refractivity contribution is 0.621. The van der Waals surface area contributed by atoms with Crippen LogP contribution in [0, 0.1) is 23.0 Å². The first kappa shape index (κ1) is 18.5. The summed E-state index contributed by atoms with van der Waals surface area (Å²) in [5.74, 6) is -0.680. The van der Waals surface area contributed by atoms with Gasteiger partial charge in [0, 0.05) is 6.20 Å². The maximum atomic E-state index is 13.7. The molecular formula is C25H16F2N2. The first-order valence-electron chi connectivity index (χ1n) is 9.09. The van der Waals surface area contributed by atoms with E-state index in [1.54, 1.807) is 36.5 Å². The van der Waals surface area contributed by atoms with Crippen molar-refractivity contribution in [2.45, 2.75) is 5.41 Å². The van der Waals surface area contributed by atoms with Crippen LogP contribution in [0.2, 0.25) is 0 Å². The number of hydrogen-bond acceptors (Lipinski definition) is 2. The Bertz CT molecular complexity index is 1100. The Balaban J connectivity index is 2.10. The largest absolute Gasteiger partial charge is 0.245 e. The Hall–Kier alpha value is -3.84. The molecule has 0 fully saturated rings. The normalized spacial score (nSPS) is 11.1. The molecule has 1 heterocycles. The van der Waals surface area contributed by atoms with Crippen LogP contribution in [-0.2, 0) is 5.41 Å². The van der Waals surface area contributed by atoms with Crippen LogP contribution in [0.3, 0.4) is 0 Å². The lowest BCUT2D eigenvalue weighted by Gasteiger charge is -2.36. The number of aromatic nitrogens is 1. The van der Waals surface area contributed by atoms with Gasteiger partial charge in [0.15, 0.2) is 0 Å². The van der Waals surface area contributed by atoms with Gasteiger partial charge in [0.05, 0.1) is 5.41 Å². The second kappa shape index (κ2) is 7.65. The highest BCUT2D eigenvalue weighted by Gasteiger charge is 2.38. The van der Waals surface area contributed by atoms with Crippen LogP contribution in [0.25, 0.3) is 0 Å². The first-order chi connectivity index (χ1) is 14.1. The standard InChI is InChI=1S/C25H16F2N2/c26-22-11-6-19(7-12-22)25(18-4-2-1-3-5-18,20-8-13-23(27)14-9-20)21-10-15-24(16-28)29-17-21/h1-15,17H. The van der Waals surface area contributed by atoms with Crippen molar-refractivity contribution in [1.82, 2.24) is 4.98 Å². The number of halogens is 2. The quantitative estimate of drug-likeness (QED) is 0.430. The topological polar surface area (TPSA) is 36.7 Å². The van der Waals surface area contributed by atoms with E-state index in [1.165, 1.54) is 24.3 Å². The third kappa shape index (κ3) is 3.28. The second-order valence-electron chi connectivity index (χ2n) is 6.67.